The van der Waals surface area contributed by atoms with Crippen molar-refractivity contribution in [2.45, 2.75) is 25.8 Å². The largest absolute Gasteiger partial charge is 0.356 e. The highest BCUT2D eigenvalue weighted by Crippen LogP contribution is 2.41. The topological polar surface area (TPSA) is 48.1 Å². The van der Waals surface area contributed by atoms with E-state index in [4.69, 9.17) is 0 Å². The van der Waals surface area contributed by atoms with E-state index in [-0.39, 0.29) is 0 Å². The van der Waals surface area contributed by atoms with Gasteiger partial charge in [-0.25, -0.2) is 9.97 Å². The molecule has 0 aromatic carbocycles. The minimum atomic E-state index is 0.618. The summed E-state index contributed by atoms with van der Waals surface area (Å²) in [6.45, 7) is 6.04. The lowest BCUT2D eigenvalue weighted by Crippen LogP contribution is -2.32. The predicted molar refractivity (Wildman–Crippen MR) is 84.4 cm³/mol. The number of likely N-dealkylation sites (tertiary alicyclic amines) is 1. The first-order valence-corrected chi connectivity index (χ1v) is 7.99. The van der Waals surface area contributed by atoms with Crippen LogP contribution < -0.4 is 4.90 Å². The average molecular weight is 285 g/mol. The van der Waals surface area contributed by atoms with Gasteiger partial charge in [-0.2, -0.15) is 0 Å². The van der Waals surface area contributed by atoms with Gasteiger partial charge in [0.25, 0.3) is 0 Å². The second-order valence-corrected chi connectivity index (χ2v) is 6.55. The monoisotopic (exact) mass is 285 g/mol. The molecule has 3 atom stereocenters. The SMILES string of the molecule is CCN1CC2CC(N(C)c3ncnc4[nH]ccc34)C[C@H]2C1. The van der Waals surface area contributed by atoms with Gasteiger partial charge in [-0.15, -0.1) is 0 Å². The van der Waals surface area contributed by atoms with Crippen LogP contribution in [0.3, 0.4) is 0 Å². The molecular formula is C16H23N5. The molecule has 2 aromatic heterocycles. The van der Waals surface area contributed by atoms with Crippen LogP contribution in [0, 0.1) is 11.8 Å². The van der Waals surface area contributed by atoms with E-state index in [1.54, 1.807) is 6.33 Å². The van der Waals surface area contributed by atoms with Gasteiger partial charge in [0.1, 0.15) is 17.8 Å². The first-order valence-electron chi connectivity index (χ1n) is 7.99. The summed E-state index contributed by atoms with van der Waals surface area (Å²) >= 11 is 0. The molecule has 5 nitrogen and oxygen atoms in total. The molecule has 1 saturated heterocycles. The molecule has 2 unspecified atom stereocenters. The second-order valence-electron chi connectivity index (χ2n) is 6.55. The van der Waals surface area contributed by atoms with Crippen LogP contribution in [0.15, 0.2) is 18.6 Å². The first-order chi connectivity index (χ1) is 10.3. The van der Waals surface area contributed by atoms with Crippen molar-refractivity contribution >= 4 is 16.9 Å². The van der Waals surface area contributed by atoms with Crippen molar-refractivity contribution in [2.24, 2.45) is 11.8 Å². The Morgan fingerprint density at radius 1 is 1.29 bits per heavy atom. The molecule has 1 aliphatic carbocycles. The Hall–Kier alpha value is -1.62. The third-order valence-corrected chi connectivity index (χ3v) is 5.46. The highest BCUT2D eigenvalue weighted by atomic mass is 15.2. The van der Waals surface area contributed by atoms with Gasteiger partial charge in [-0.05, 0) is 37.3 Å². The fraction of sp³-hybridized carbons (Fsp3) is 0.625. The molecule has 1 N–H and O–H groups in total. The maximum Gasteiger partial charge on any atom is 0.142 e. The quantitative estimate of drug-likeness (QED) is 0.938. The molecule has 1 saturated carbocycles. The van der Waals surface area contributed by atoms with Crippen molar-refractivity contribution in [1.29, 1.82) is 0 Å². The van der Waals surface area contributed by atoms with Gasteiger partial charge in [0.2, 0.25) is 0 Å². The number of H-pyrrole nitrogens is 1. The van der Waals surface area contributed by atoms with Crippen molar-refractivity contribution in [1.82, 2.24) is 19.9 Å². The van der Waals surface area contributed by atoms with Crippen LogP contribution in [-0.2, 0) is 0 Å². The Morgan fingerprint density at radius 2 is 2.05 bits per heavy atom. The summed E-state index contributed by atoms with van der Waals surface area (Å²) < 4.78 is 0. The van der Waals surface area contributed by atoms with Crippen molar-refractivity contribution in [3.8, 4) is 0 Å². The zero-order chi connectivity index (χ0) is 14.4. The Bertz CT molecular complexity index is 622. The van der Waals surface area contributed by atoms with Gasteiger partial charge in [-0.3, -0.25) is 0 Å². The molecule has 3 heterocycles. The van der Waals surface area contributed by atoms with Gasteiger partial charge in [0, 0.05) is 32.4 Å². The third kappa shape index (κ3) is 2.11. The number of aromatic amines is 1. The van der Waals surface area contributed by atoms with Gasteiger partial charge in [0.15, 0.2) is 0 Å². The maximum absolute atomic E-state index is 4.53. The predicted octanol–water partition coefficient (Wildman–Crippen LogP) is 2.12. The molecule has 0 spiro atoms. The molecule has 5 heteroatoms. The van der Waals surface area contributed by atoms with Crippen molar-refractivity contribution in [3.63, 3.8) is 0 Å². The summed E-state index contributed by atoms with van der Waals surface area (Å²) in [5.74, 6) is 2.82. The van der Waals surface area contributed by atoms with Crippen LogP contribution in [0.4, 0.5) is 5.82 Å². The van der Waals surface area contributed by atoms with E-state index in [1.165, 1.54) is 32.5 Å². The number of hydrogen-bond acceptors (Lipinski definition) is 4. The van der Waals surface area contributed by atoms with E-state index in [2.05, 4.69) is 44.8 Å². The van der Waals surface area contributed by atoms with Crippen LogP contribution in [0.25, 0.3) is 11.0 Å². The van der Waals surface area contributed by atoms with Crippen LogP contribution in [0.2, 0.25) is 0 Å². The van der Waals surface area contributed by atoms with E-state index in [0.29, 0.717) is 6.04 Å². The molecule has 4 rings (SSSR count). The molecule has 0 radical (unpaired) electrons. The lowest BCUT2D eigenvalue weighted by Gasteiger charge is -2.27. The minimum Gasteiger partial charge on any atom is -0.356 e. The second kappa shape index (κ2) is 4.98. The zero-order valence-electron chi connectivity index (χ0n) is 12.8. The van der Waals surface area contributed by atoms with E-state index >= 15 is 0 Å². The van der Waals surface area contributed by atoms with Crippen LogP contribution in [0.1, 0.15) is 19.8 Å². The summed E-state index contributed by atoms with van der Waals surface area (Å²) in [6.07, 6.45) is 6.21. The van der Waals surface area contributed by atoms with E-state index < -0.39 is 0 Å². The van der Waals surface area contributed by atoms with E-state index in [0.717, 1.165) is 28.7 Å². The van der Waals surface area contributed by atoms with Gasteiger partial charge < -0.3 is 14.8 Å². The standard InChI is InChI=1S/C16H23N5/c1-3-21-8-11-6-13(7-12(11)9-21)20(2)16-14-4-5-17-15(14)18-10-19-16/h4-5,10-13H,3,6-9H2,1-2H3,(H,17,18,19)/t11-,12?,13?/m0/s1. The lowest BCUT2D eigenvalue weighted by atomic mass is 10.0. The number of nitrogens with zero attached hydrogens (tertiary/aromatic N) is 4. The Morgan fingerprint density at radius 3 is 2.76 bits per heavy atom. The number of hydrogen-bond donors (Lipinski definition) is 1. The molecule has 2 aliphatic rings. The van der Waals surface area contributed by atoms with E-state index in [1.807, 2.05) is 6.20 Å². The van der Waals surface area contributed by atoms with Crippen LogP contribution in [0.5, 0.6) is 0 Å². The summed E-state index contributed by atoms with van der Waals surface area (Å²) in [5.41, 5.74) is 0.933. The fourth-order valence-electron chi connectivity index (χ4n) is 4.25. The molecule has 112 valence electrons. The summed E-state index contributed by atoms with van der Waals surface area (Å²) in [4.78, 5) is 17.0. The Labute approximate surface area is 125 Å². The average Bonchev–Trinajstić information content (AvgIpc) is 3.18. The smallest absolute Gasteiger partial charge is 0.142 e. The lowest BCUT2D eigenvalue weighted by molar-refractivity contribution is 0.322. The molecule has 0 amide bonds. The summed E-state index contributed by atoms with van der Waals surface area (Å²) in [5, 5.41) is 1.13. The molecule has 2 aromatic rings. The summed E-state index contributed by atoms with van der Waals surface area (Å²) in [6, 6.07) is 2.70. The summed E-state index contributed by atoms with van der Waals surface area (Å²) in [7, 11) is 2.19. The van der Waals surface area contributed by atoms with E-state index in [9.17, 15) is 0 Å². The third-order valence-electron chi connectivity index (χ3n) is 5.46. The van der Waals surface area contributed by atoms with Crippen molar-refractivity contribution in [3.05, 3.63) is 18.6 Å². The molecule has 21 heavy (non-hydrogen) atoms. The molecule has 1 aliphatic heterocycles. The molecule has 2 fully saturated rings. The first kappa shape index (κ1) is 13.1. The van der Waals surface area contributed by atoms with Gasteiger partial charge >= 0.3 is 0 Å². The van der Waals surface area contributed by atoms with Crippen LogP contribution >= 0.6 is 0 Å². The number of rotatable bonds is 3. The molecular weight excluding hydrogens is 262 g/mol. The van der Waals surface area contributed by atoms with Gasteiger partial charge in [0.05, 0.1) is 5.39 Å². The van der Waals surface area contributed by atoms with Crippen molar-refractivity contribution < 1.29 is 0 Å². The number of fused-ring (bicyclic) bond motifs is 2. The normalized spacial score (nSPS) is 29.1. The highest BCUT2D eigenvalue weighted by Gasteiger charge is 2.41. The Kier molecular flexibility index (Phi) is 3.10. The highest BCUT2D eigenvalue weighted by molar-refractivity contribution is 5.87. The number of anilines is 1. The maximum atomic E-state index is 4.53. The molecule has 0 bridgehead atoms. The van der Waals surface area contributed by atoms with Crippen molar-refractivity contribution in [2.75, 3.05) is 31.6 Å². The van der Waals surface area contributed by atoms with Crippen LogP contribution in [-0.4, -0.2) is 52.6 Å². The fourth-order valence-corrected chi connectivity index (χ4v) is 4.25. The minimum absolute atomic E-state index is 0.618. The number of aromatic nitrogens is 3. The Balaban J connectivity index is 1.54. The van der Waals surface area contributed by atoms with Gasteiger partial charge in [-0.1, -0.05) is 6.92 Å². The zero-order valence-corrected chi connectivity index (χ0v) is 12.8. The number of nitrogens with one attached hydrogen (secondary N) is 1.